The Labute approximate surface area is 233 Å². The van der Waals surface area contributed by atoms with E-state index in [0.29, 0.717) is 12.8 Å². The maximum Gasteiger partial charge on any atom is 0.331 e. The van der Waals surface area contributed by atoms with E-state index in [2.05, 4.69) is 6.92 Å². The van der Waals surface area contributed by atoms with Crippen LogP contribution in [-0.2, 0) is 33.3 Å². The van der Waals surface area contributed by atoms with E-state index >= 15 is 0 Å². The summed E-state index contributed by atoms with van der Waals surface area (Å²) in [6, 6.07) is 1.81. The van der Waals surface area contributed by atoms with Crippen molar-refractivity contribution in [1.29, 1.82) is 0 Å². The number of furan rings is 1. The molecule has 40 heavy (non-hydrogen) atoms. The van der Waals surface area contributed by atoms with Crippen LogP contribution in [-0.4, -0.2) is 48.6 Å². The highest BCUT2D eigenvalue weighted by Gasteiger charge is 2.78. The summed E-state index contributed by atoms with van der Waals surface area (Å²) in [7, 11) is 1.35. The van der Waals surface area contributed by atoms with Crippen molar-refractivity contribution < 1.29 is 42.9 Å². The minimum atomic E-state index is -1.69. The zero-order chi connectivity index (χ0) is 28.8. The summed E-state index contributed by atoms with van der Waals surface area (Å²) in [6.45, 7) is 9.74. The lowest BCUT2D eigenvalue weighted by Crippen LogP contribution is -2.79. The predicted octanol–water partition coefficient (Wildman–Crippen LogP) is 4.27. The van der Waals surface area contributed by atoms with Crippen LogP contribution in [0.3, 0.4) is 0 Å². The first-order chi connectivity index (χ1) is 18.8. The van der Waals surface area contributed by atoms with Crippen LogP contribution in [0.4, 0.5) is 0 Å². The molecule has 1 N–H and O–H groups in total. The van der Waals surface area contributed by atoms with E-state index in [1.807, 2.05) is 26.0 Å². The number of carbonyl (C=O) groups is 3. The molecule has 0 radical (unpaired) electrons. The maximum absolute atomic E-state index is 13.0. The van der Waals surface area contributed by atoms with Crippen molar-refractivity contribution in [2.75, 3.05) is 13.7 Å². The summed E-state index contributed by atoms with van der Waals surface area (Å²) in [4.78, 5) is 38.8. The Bertz CT molecular complexity index is 1310. The molecular formula is C31H38O9. The SMILES string of the molecule is COC(=O)C[C@H]1[C@]2(C)CO[C@]3(O)[C@@H](C=C4C5=CC(=O)O[C@@H](c6ccoc6)[C@]5(C)CC[C@@H]4[C@]13C)[C@H]2OC(=O)C(C)C. The van der Waals surface area contributed by atoms with E-state index in [0.717, 1.165) is 16.7 Å². The summed E-state index contributed by atoms with van der Waals surface area (Å²) < 4.78 is 28.8. The number of hydrogen-bond donors (Lipinski definition) is 1. The molecule has 216 valence electrons. The molecule has 6 aliphatic rings. The lowest BCUT2D eigenvalue weighted by atomic mass is 9.38. The quantitative estimate of drug-likeness (QED) is 0.420. The van der Waals surface area contributed by atoms with Gasteiger partial charge in [0, 0.05) is 34.3 Å². The van der Waals surface area contributed by atoms with Gasteiger partial charge in [0.1, 0.15) is 12.2 Å². The molecule has 4 bridgehead atoms. The summed E-state index contributed by atoms with van der Waals surface area (Å²) in [5.41, 5.74) is 0.311. The van der Waals surface area contributed by atoms with Crippen LogP contribution in [0.2, 0.25) is 0 Å². The van der Waals surface area contributed by atoms with Gasteiger partial charge in [-0.3, -0.25) is 9.59 Å². The summed E-state index contributed by atoms with van der Waals surface area (Å²) in [6.07, 6.45) is 6.81. The van der Waals surface area contributed by atoms with Crippen LogP contribution in [0.25, 0.3) is 0 Å². The molecule has 2 saturated heterocycles. The highest BCUT2D eigenvalue weighted by Crippen LogP contribution is 2.74. The van der Waals surface area contributed by atoms with E-state index in [1.165, 1.54) is 7.11 Å². The lowest BCUT2D eigenvalue weighted by molar-refractivity contribution is -0.426. The molecule has 1 aromatic rings. The van der Waals surface area contributed by atoms with E-state index in [9.17, 15) is 19.5 Å². The van der Waals surface area contributed by atoms with Gasteiger partial charge >= 0.3 is 17.9 Å². The first-order valence-electron chi connectivity index (χ1n) is 14.1. The van der Waals surface area contributed by atoms with Crippen molar-refractivity contribution >= 4 is 17.9 Å². The van der Waals surface area contributed by atoms with Crippen molar-refractivity contribution in [3.63, 3.8) is 0 Å². The minimum Gasteiger partial charge on any atom is -0.472 e. The molecule has 2 saturated carbocycles. The number of allylic oxidation sites excluding steroid dienone is 1. The highest BCUT2D eigenvalue weighted by atomic mass is 16.6. The van der Waals surface area contributed by atoms with Gasteiger partial charge in [0.25, 0.3) is 0 Å². The first kappa shape index (κ1) is 27.3. The first-order valence-corrected chi connectivity index (χ1v) is 14.1. The average Bonchev–Trinajstić information content (AvgIpc) is 3.44. The maximum atomic E-state index is 13.0. The molecule has 0 spiro atoms. The van der Waals surface area contributed by atoms with Crippen LogP contribution in [0.5, 0.6) is 0 Å². The number of ether oxygens (including phenoxy) is 4. The predicted molar refractivity (Wildman–Crippen MR) is 140 cm³/mol. The molecule has 3 aliphatic carbocycles. The van der Waals surface area contributed by atoms with Gasteiger partial charge in [0.05, 0.1) is 38.1 Å². The zero-order valence-electron chi connectivity index (χ0n) is 23.9. The second kappa shape index (κ2) is 8.79. The monoisotopic (exact) mass is 554 g/mol. The topological polar surface area (TPSA) is 122 Å². The second-order valence-corrected chi connectivity index (χ2v) is 13.2. The highest BCUT2D eigenvalue weighted by molar-refractivity contribution is 5.86. The molecule has 3 aliphatic heterocycles. The van der Waals surface area contributed by atoms with E-state index in [4.69, 9.17) is 23.4 Å². The summed E-state index contributed by atoms with van der Waals surface area (Å²) in [5.74, 6) is -4.63. The molecule has 1 aromatic heterocycles. The molecule has 0 unspecified atom stereocenters. The second-order valence-electron chi connectivity index (χ2n) is 13.2. The van der Waals surface area contributed by atoms with Crippen LogP contribution >= 0.6 is 0 Å². The number of carbonyl (C=O) groups excluding carboxylic acids is 3. The van der Waals surface area contributed by atoms with Gasteiger partial charge < -0.3 is 28.5 Å². The Morgan fingerprint density at radius 2 is 1.98 bits per heavy atom. The molecule has 4 fully saturated rings. The van der Waals surface area contributed by atoms with Gasteiger partial charge in [-0.25, -0.2) is 4.79 Å². The van der Waals surface area contributed by atoms with Crippen LogP contribution < -0.4 is 0 Å². The number of methoxy groups -OCH3 is 1. The number of aliphatic hydroxyl groups is 1. The number of fused-ring (bicyclic) bond motifs is 4. The standard InChI is InChI=1S/C31H38O9/c1-16(2)27(34)40-26-21-11-18-19(30(5)22(13-23(32)36-6)29(26,4)15-38-31(21,30)35)7-9-28(3)20(18)12-24(33)39-25(28)17-8-10-37-14-17/h8,10-12,14,16,19,21-22,25-26,35H,7,9,13,15H2,1-6H3/t19-,21-,22-,25-,26+,28+,29-,30+,31+/m0/s1. The number of esters is 3. The zero-order valence-corrected chi connectivity index (χ0v) is 23.9. The van der Waals surface area contributed by atoms with Crippen molar-refractivity contribution in [3.05, 3.63) is 47.5 Å². The van der Waals surface area contributed by atoms with Crippen molar-refractivity contribution in [2.45, 2.75) is 71.9 Å². The molecule has 9 nitrogen and oxygen atoms in total. The summed E-state index contributed by atoms with van der Waals surface area (Å²) in [5, 5.41) is 12.5. The van der Waals surface area contributed by atoms with Crippen LogP contribution in [0.15, 0.2) is 46.3 Å². The number of hydrogen-bond acceptors (Lipinski definition) is 9. The third-order valence-electron chi connectivity index (χ3n) is 10.9. The smallest absolute Gasteiger partial charge is 0.331 e. The third-order valence-corrected chi connectivity index (χ3v) is 10.9. The largest absolute Gasteiger partial charge is 0.472 e. The minimum absolute atomic E-state index is 0.0391. The van der Waals surface area contributed by atoms with Crippen molar-refractivity contribution in [2.24, 2.45) is 39.9 Å². The van der Waals surface area contributed by atoms with E-state index in [1.54, 1.807) is 32.4 Å². The molecule has 9 atom stereocenters. The molecule has 7 rings (SSSR count). The average molecular weight is 555 g/mol. The Kier molecular flexibility index (Phi) is 5.99. The molecule has 0 aromatic carbocycles. The Morgan fingerprint density at radius 1 is 1.23 bits per heavy atom. The molecule has 9 heteroatoms. The Hall–Kier alpha value is -2.91. The molecular weight excluding hydrogens is 516 g/mol. The van der Waals surface area contributed by atoms with Gasteiger partial charge in [0.2, 0.25) is 0 Å². The van der Waals surface area contributed by atoms with Crippen molar-refractivity contribution in [1.82, 2.24) is 0 Å². The van der Waals surface area contributed by atoms with Crippen molar-refractivity contribution in [3.8, 4) is 0 Å². The van der Waals surface area contributed by atoms with Crippen LogP contribution in [0.1, 0.15) is 65.5 Å². The van der Waals surface area contributed by atoms with E-state index in [-0.39, 0.29) is 30.8 Å². The number of cyclic esters (lactones) is 1. The normalized spacial score (nSPS) is 43.2. The van der Waals surface area contributed by atoms with Gasteiger partial charge in [-0.1, -0.05) is 40.7 Å². The lowest BCUT2D eigenvalue weighted by Gasteiger charge is -2.73. The fraction of sp³-hybridized carbons (Fsp3) is 0.645. The Balaban J connectivity index is 1.54. The Morgan fingerprint density at radius 3 is 2.62 bits per heavy atom. The van der Waals surface area contributed by atoms with Gasteiger partial charge in [-0.2, -0.15) is 0 Å². The molecule has 4 heterocycles. The third kappa shape index (κ3) is 3.36. The van der Waals surface area contributed by atoms with Crippen LogP contribution in [0, 0.1) is 39.9 Å². The van der Waals surface area contributed by atoms with E-state index < -0.39 is 58.0 Å². The van der Waals surface area contributed by atoms with Gasteiger partial charge in [-0.05, 0) is 41.9 Å². The fourth-order valence-corrected chi connectivity index (χ4v) is 8.72. The molecule has 0 amide bonds. The summed E-state index contributed by atoms with van der Waals surface area (Å²) >= 11 is 0. The van der Waals surface area contributed by atoms with Gasteiger partial charge in [-0.15, -0.1) is 0 Å². The fourth-order valence-electron chi connectivity index (χ4n) is 8.72. The number of rotatable bonds is 5. The van der Waals surface area contributed by atoms with Gasteiger partial charge in [0.15, 0.2) is 5.79 Å².